The van der Waals surface area contributed by atoms with E-state index in [1.807, 2.05) is 0 Å². The molecule has 0 bridgehead atoms. The molecule has 0 saturated carbocycles. The maximum Gasteiger partial charge on any atom is 0.299 e. The fraction of sp³-hybridized carbons (Fsp3) is 0.857. The third-order valence-electron chi connectivity index (χ3n) is 3.47. The van der Waals surface area contributed by atoms with Crippen molar-refractivity contribution in [2.75, 3.05) is 0 Å². The lowest BCUT2D eigenvalue weighted by molar-refractivity contribution is -0.121. The number of hydrogen-bond acceptors (Lipinski definition) is 4. The van der Waals surface area contributed by atoms with Gasteiger partial charge in [-0.2, -0.15) is 0 Å². The average Bonchev–Trinajstić information content (AvgIpc) is 2.75. The third-order valence-corrected chi connectivity index (χ3v) is 3.47. The molecular weight excluding hydrogens is 230 g/mol. The normalized spacial score (nSPS) is 17.1. The highest BCUT2D eigenvalue weighted by atomic mass is 16.7. The largest absolute Gasteiger partial charge is 0.410 e. The van der Waals surface area contributed by atoms with Crippen LogP contribution in [0.5, 0.6) is 0 Å². The molecule has 0 unspecified atom stereocenters. The van der Waals surface area contributed by atoms with E-state index in [-0.39, 0.29) is 5.60 Å². The summed E-state index contributed by atoms with van der Waals surface area (Å²) in [5.41, 5.74) is -0.220. The van der Waals surface area contributed by atoms with Crippen LogP contribution >= 0.6 is 0 Å². The van der Waals surface area contributed by atoms with Gasteiger partial charge in [0.05, 0.1) is 6.42 Å². The first kappa shape index (κ1) is 15.0. The molecule has 0 fully saturated rings. The number of ether oxygens (including phenoxy) is 1. The van der Waals surface area contributed by atoms with E-state index in [0.29, 0.717) is 18.8 Å². The quantitative estimate of drug-likeness (QED) is 0.465. The number of carbonyl (C=O) groups is 1. The van der Waals surface area contributed by atoms with Gasteiger partial charge in [-0.15, -0.1) is 0 Å². The van der Waals surface area contributed by atoms with Gasteiger partial charge in [-0.1, -0.05) is 44.7 Å². The molecule has 0 saturated heterocycles. The van der Waals surface area contributed by atoms with Crippen molar-refractivity contribution >= 4 is 12.4 Å². The number of unbranched alkanes of at least 4 members (excludes halogenated alkanes) is 4. The van der Waals surface area contributed by atoms with Gasteiger partial charge in [0.2, 0.25) is 5.90 Å². The standard InChI is InChI=1S/C14H25NO3/c1-3-5-7-9-14(10-8-6-4-2)11-13(15-18-14)17-12-16/h12H,3-11H2,1-2H3. The summed E-state index contributed by atoms with van der Waals surface area (Å²) in [5, 5.41) is 3.90. The van der Waals surface area contributed by atoms with E-state index in [9.17, 15) is 4.79 Å². The monoisotopic (exact) mass is 255 g/mol. The Balaban J connectivity index is 2.46. The van der Waals surface area contributed by atoms with Crippen molar-refractivity contribution in [2.45, 2.75) is 77.2 Å². The van der Waals surface area contributed by atoms with Gasteiger partial charge in [0, 0.05) is 0 Å². The van der Waals surface area contributed by atoms with Crippen LogP contribution in [-0.2, 0) is 14.4 Å². The number of hydrogen-bond donors (Lipinski definition) is 0. The molecule has 1 aliphatic rings. The van der Waals surface area contributed by atoms with Crippen molar-refractivity contribution in [1.29, 1.82) is 0 Å². The average molecular weight is 255 g/mol. The smallest absolute Gasteiger partial charge is 0.299 e. The summed E-state index contributed by atoms with van der Waals surface area (Å²) < 4.78 is 4.82. The van der Waals surface area contributed by atoms with Crippen LogP contribution < -0.4 is 0 Å². The summed E-state index contributed by atoms with van der Waals surface area (Å²) in [6, 6.07) is 0. The van der Waals surface area contributed by atoms with Crippen LogP contribution in [0.15, 0.2) is 5.16 Å². The zero-order valence-electron chi connectivity index (χ0n) is 11.6. The van der Waals surface area contributed by atoms with Gasteiger partial charge in [0.1, 0.15) is 5.60 Å². The van der Waals surface area contributed by atoms with Crippen LogP contribution in [0.25, 0.3) is 0 Å². The Labute approximate surface area is 110 Å². The summed E-state index contributed by atoms with van der Waals surface area (Å²) in [4.78, 5) is 15.9. The predicted octanol–water partition coefficient (Wildman–Crippen LogP) is 3.79. The Kier molecular flexibility index (Phi) is 6.76. The SMILES string of the molecule is CCCCCC1(CCCCC)CC(OC=O)=NO1. The molecule has 0 aromatic heterocycles. The van der Waals surface area contributed by atoms with Gasteiger partial charge in [0.15, 0.2) is 0 Å². The number of oxime groups is 1. The van der Waals surface area contributed by atoms with E-state index in [1.54, 1.807) is 0 Å². The molecular formula is C14H25NO3. The number of carbonyl (C=O) groups excluding carboxylic acids is 1. The lowest BCUT2D eigenvalue weighted by Crippen LogP contribution is -2.29. The fourth-order valence-electron chi connectivity index (χ4n) is 2.39. The molecule has 4 heteroatoms. The second kappa shape index (κ2) is 8.11. The Hall–Kier alpha value is -1.06. The molecule has 104 valence electrons. The number of nitrogens with zero attached hydrogens (tertiary/aromatic N) is 1. The van der Waals surface area contributed by atoms with E-state index in [4.69, 9.17) is 9.57 Å². The Bertz CT molecular complexity index is 266. The summed E-state index contributed by atoms with van der Waals surface area (Å²) >= 11 is 0. The van der Waals surface area contributed by atoms with E-state index >= 15 is 0 Å². The zero-order chi connectivity index (χ0) is 13.3. The first-order valence-corrected chi connectivity index (χ1v) is 7.11. The number of rotatable bonds is 9. The van der Waals surface area contributed by atoms with Crippen LogP contribution in [0.2, 0.25) is 0 Å². The highest BCUT2D eigenvalue weighted by molar-refractivity contribution is 5.83. The van der Waals surface area contributed by atoms with Crippen LogP contribution in [0, 0.1) is 0 Å². The highest BCUT2D eigenvalue weighted by Gasteiger charge is 2.39. The first-order chi connectivity index (χ1) is 8.76. The minimum atomic E-state index is -0.220. The topological polar surface area (TPSA) is 47.9 Å². The van der Waals surface area contributed by atoms with Gasteiger partial charge in [0.25, 0.3) is 6.47 Å². The summed E-state index contributed by atoms with van der Waals surface area (Å²) in [5.74, 6) is 0.429. The van der Waals surface area contributed by atoms with Crippen molar-refractivity contribution in [1.82, 2.24) is 0 Å². The third kappa shape index (κ3) is 4.67. The molecule has 1 heterocycles. The second-order valence-electron chi connectivity index (χ2n) is 5.06. The second-order valence-corrected chi connectivity index (χ2v) is 5.06. The summed E-state index contributed by atoms with van der Waals surface area (Å²) in [6.07, 6.45) is 9.75. The summed E-state index contributed by atoms with van der Waals surface area (Å²) in [6.45, 7) is 4.81. The van der Waals surface area contributed by atoms with E-state index < -0.39 is 0 Å². The van der Waals surface area contributed by atoms with Gasteiger partial charge < -0.3 is 9.57 Å². The fourth-order valence-corrected chi connectivity index (χ4v) is 2.39. The molecule has 0 aromatic carbocycles. The van der Waals surface area contributed by atoms with E-state index in [2.05, 4.69) is 19.0 Å². The van der Waals surface area contributed by atoms with Gasteiger partial charge >= 0.3 is 0 Å². The molecule has 1 aliphatic heterocycles. The van der Waals surface area contributed by atoms with Crippen LogP contribution in [0.3, 0.4) is 0 Å². The van der Waals surface area contributed by atoms with E-state index in [0.717, 1.165) is 25.7 Å². The lowest BCUT2D eigenvalue weighted by atomic mass is 9.87. The van der Waals surface area contributed by atoms with Crippen molar-refractivity contribution in [3.8, 4) is 0 Å². The summed E-state index contributed by atoms with van der Waals surface area (Å²) in [7, 11) is 0. The van der Waals surface area contributed by atoms with Crippen molar-refractivity contribution in [3.63, 3.8) is 0 Å². The molecule has 1 rings (SSSR count). The Morgan fingerprint density at radius 2 is 1.83 bits per heavy atom. The molecule has 0 atom stereocenters. The Morgan fingerprint density at radius 1 is 1.22 bits per heavy atom. The van der Waals surface area contributed by atoms with Crippen LogP contribution in [0.1, 0.15) is 71.6 Å². The van der Waals surface area contributed by atoms with Gasteiger partial charge in [-0.05, 0) is 25.7 Å². The molecule has 4 nitrogen and oxygen atoms in total. The predicted molar refractivity (Wildman–Crippen MR) is 71.3 cm³/mol. The molecule has 0 spiro atoms. The van der Waals surface area contributed by atoms with Gasteiger partial charge in [-0.25, -0.2) is 0 Å². The maximum atomic E-state index is 10.3. The highest BCUT2D eigenvalue weighted by Crippen LogP contribution is 2.35. The van der Waals surface area contributed by atoms with E-state index in [1.165, 1.54) is 25.7 Å². The molecule has 0 N–H and O–H groups in total. The first-order valence-electron chi connectivity index (χ1n) is 7.11. The van der Waals surface area contributed by atoms with Crippen LogP contribution in [0.4, 0.5) is 0 Å². The van der Waals surface area contributed by atoms with Crippen molar-refractivity contribution in [2.24, 2.45) is 5.16 Å². The van der Waals surface area contributed by atoms with Crippen molar-refractivity contribution in [3.05, 3.63) is 0 Å². The lowest BCUT2D eigenvalue weighted by Gasteiger charge is -2.26. The minimum Gasteiger partial charge on any atom is -0.410 e. The molecule has 0 aromatic rings. The molecule has 0 radical (unpaired) electrons. The van der Waals surface area contributed by atoms with Crippen LogP contribution in [-0.4, -0.2) is 18.0 Å². The van der Waals surface area contributed by atoms with Crippen molar-refractivity contribution < 1.29 is 14.4 Å². The zero-order valence-corrected chi connectivity index (χ0v) is 11.6. The Morgan fingerprint density at radius 3 is 2.33 bits per heavy atom. The molecule has 0 aliphatic carbocycles. The maximum absolute atomic E-state index is 10.3. The van der Waals surface area contributed by atoms with Gasteiger partial charge in [-0.3, -0.25) is 4.79 Å². The molecule has 0 amide bonds. The minimum absolute atomic E-state index is 0.220. The molecule has 18 heavy (non-hydrogen) atoms.